The Bertz CT molecular complexity index is 725. The standard InChI is InChI=1S/C18H26N4O2/c1-11(2)12-5-7-22(8-6-12)18-20-14-10-16(24-4)15(23-3)9-13(14)17(19)21-18/h9-12H,5-8H2,1-4H3,(H2,19,20,21). The number of fused-ring (bicyclic) bond motifs is 1. The number of anilines is 2. The number of hydrogen-bond donors (Lipinski definition) is 1. The van der Waals surface area contributed by atoms with Crippen molar-refractivity contribution in [2.45, 2.75) is 26.7 Å². The largest absolute Gasteiger partial charge is 0.493 e. The minimum Gasteiger partial charge on any atom is -0.493 e. The van der Waals surface area contributed by atoms with Gasteiger partial charge >= 0.3 is 0 Å². The van der Waals surface area contributed by atoms with Gasteiger partial charge in [0.25, 0.3) is 0 Å². The van der Waals surface area contributed by atoms with E-state index in [0.717, 1.165) is 35.8 Å². The molecule has 1 fully saturated rings. The highest BCUT2D eigenvalue weighted by Gasteiger charge is 2.24. The van der Waals surface area contributed by atoms with Crippen molar-refractivity contribution in [1.82, 2.24) is 9.97 Å². The van der Waals surface area contributed by atoms with Gasteiger partial charge < -0.3 is 20.1 Å². The summed E-state index contributed by atoms with van der Waals surface area (Å²) < 4.78 is 10.7. The molecular weight excluding hydrogens is 304 g/mol. The maximum Gasteiger partial charge on any atom is 0.227 e. The van der Waals surface area contributed by atoms with Gasteiger partial charge in [-0.3, -0.25) is 0 Å². The number of nitrogens with two attached hydrogens (primary N) is 1. The van der Waals surface area contributed by atoms with Crippen LogP contribution in [0.25, 0.3) is 10.9 Å². The number of benzene rings is 1. The molecule has 2 aromatic rings. The summed E-state index contributed by atoms with van der Waals surface area (Å²) in [6.07, 6.45) is 2.34. The van der Waals surface area contributed by atoms with Crippen LogP contribution >= 0.6 is 0 Å². The third kappa shape index (κ3) is 3.05. The second-order valence-electron chi connectivity index (χ2n) is 6.70. The molecule has 1 aliphatic heterocycles. The van der Waals surface area contributed by atoms with E-state index >= 15 is 0 Å². The van der Waals surface area contributed by atoms with E-state index in [4.69, 9.17) is 20.2 Å². The summed E-state index contributed by atoms with van der Waals surface area (Å²) in [5.41, 5.74) is 6.96. The lowest BCUT2D eigenvalue weighted by molar-refractivity contribution is 0.310. The fourth-order valence-corrected chi connectivity index (χ4v) is 3.37. The van der Waals surface area contributed by atoms with E-state index in [-0.39, 0.29) is 0 Å². The van der Waals surface area contributed by atoms with E-state index in [1.54, 1.807) is 14.2 Å². The monoisotopic (exact) mass is 330 g/mol. The van der Waals surface area contributed by atoms with E-state index < -0.39 is 0 Å². The van der Waals surface area contributed by atoms with Crippen molar-refractivity contribution >= 4 is 22.7 Å². The Hall–Kier alpha value is -2.24. The fraction of sp³-hybridized carbons (Fsp3) is 0.556. The van der Waals surface area contributed by atoms with Crippen molar-refractivity contribution < 1.29 is 9.47 Å². The van der Waals surface area contributed by atoms with Crippen LogP contribution in [0.2, 0.25) is 0 Å². The first-order valence-corrected chi connectivity index (χ1v) is 8.47. The van der Waals surface area contributed by atoms with Gasteiger partial charge in [-0.1, -0.05) is 13.8 Å². The molecule has 2 N–H and O–H groups in total. The Balaban J connectivity index is 1.93. The van der Waals surface area contributed by atoms with Gasteiger partial charge in [0.2, 0.25) is 5.95 Å². The second-order valence-corrected chi connectivity index (χ2v) is 6.70. The molecule has 130 valence electrons. The average molecular weight is 330 g/mol. The normalized spacial score (nSPS) is 16.0. The smallest absolute Gasteiger partial charge is 0.227 e. The van der Waals surface area contributed by atoms with Crippen molar-refractivity contribution in [3.8, 4) is 11.5 Å². The van der Waals surface area contributed by atoms with E-state index in [1.807, 2.05) is 12.1 Å². The molecule has 1 aromatic heterocycles. The summed E-state index contributed by atoms with van der Waals surface area (Å²) in [5.74, 6) is 3.96. The quantitative estimate of drug-likeness (QED) is 0.928. The van der Waals surface area contributed by atoms with Crippen molar-refractivity contribution in [2.24, 2.45) is 11.8 Å². The van der Waals surface area contributed by atoms with E-state index in [0.29, 0.717) is 23.3 Å². The van der Waals surface area contributed by atoms with Crippen LogP contribution in [-0.4, -0.2) is 37.3 Å². The molecular formula is C18H26N4O2. The summed E-state index contributed by atoms with van der Waals surface area (Å²) in [7, 11) is 3.22. The minimum absolute atomic E-state index is 0.474. The van der Waals surface area contributed by atoms with Crippen LogP contribution in [0.15, 0.2) is 12.1 Å². The minimum atomic E-state index is 0.474. The summed E-state index contributed by atoms with van der Waals surface area (Å²) in [6.45, 7) is 6.54. The van der Waals surface area contributed by atoms with Crippen LogP contribution in [0.3, 0.4) is 0 Å². The van der Waals surface area contributed by atoms with Crippen LogP contribution in [0.1, 0.15) is 26.7 Å². The van der Waals surface area contributed by atoms with E-state index in [2.05, 4.69) is 23.7 Å². The van der Waals surface area contributed by atoms with E-state index in [1.165, 1.54) is 12.8 Å². The lowest BCUT2D eigenvalue weighted by Gasteiger charge is -2.34. The highest BCUT2D eigenvalue weighted by Crippen LogP contribution is 2.34. The van der Waals surface area contributed by atoms with Gasteiger partial charge in [-0.05, 0) is 30.7 Å². The van der Waals surface area contributed by atoms with Crippen molar-refractivity contribution in [3.05, 3.63) is 12.1 Å². The van der Waals surface area contributed by atoms with E-state index in [9.17, 15) is 0 Å². The van der Waals surface area contributed by atoms with Gasteiger partial charge in [-0.2, -0.15) is 4.98 Å². The lowest BCUT2D eigenvalue weighted by atomic mass is 9.87. The molecule has 3 rings (SSSR count). The predicted molar refractivity (Wildman–Crippen MR) is 96.8 cm³/mol. The zero-order chi connectivity index (χ0) is 17.3. The summed E-state index contributed by atoms with van der Waals surface area (Å²) in [4.78, 5) is 11.5. The Kier molecular flexibility index (Phi) is 4.64. The average Bonchev–Trinajstić information content (AvgIpc) is 2.60. The van der Waals surface area contributed by atoms with Crippen LogP contribution in [0, 0.1) is 11.8 Å². The maximum absolute atomic E-state index is 6.18. The molecule has 1 aromatic carbocycles. The number of nitrogens with zero attached hydrogens (tertiary/aromatic N) is 3. The summed E-state index contributed by atoms with van der Waals surface area (Å²) >= 11 is 0. The molecule has 6 nitrogen and oxygen atoms in total. The van der Waals surface area contributed by atoms with Gasteiger partial charge in [0, 0.05) is 24.5 Å². The highest BCUT2D eigenvalue weighted by molar-refractivity contribution is 5.91. The first-order valence-electron chi connectivity index (χ1n) is 8.47. The van der Waals surface area contributed by atoms with Crippen LogP contribution in [-0.2, 0) is 0 Å². The molecule has 0 aliphatic carbocycles. The Morgan fingerprint density at radius 1 is 1.08 bits per heavy atom. The molecule has 0 atom stereocenters. The number of hydrogen-bond acceptors (Lipinski definition) is 6. The highest BCUT2D eigenvalue weighted by atomic mass is 16.5. The fourth-order valence-electron chi connectivity index (χ4n) is 3.37. The molecule has 24 heavy (non-hydrogen) atoms. The first-order chi connectivity index (χ1) is 11.5. The maximum atomic E-state index is 6.18. The molecule has 0 bridgehead atoms. The summed E-state index contributed by atoms with van der Waals surface area (Å²) in [5, 5.41) is 0.786. The zero-order valence-electron chi connectivity index (χ0n) is 14.9. The van der Waals surface area contributed by atoms with Gasteiger partial charge in [-0.25, -0.2) is 4.98 Å². The van der Waals surface area contributed by atoms with Gasteiger partial charge in [0.05, 0.1) is 19.7 Å². The van der Waals surface area contributed by atoms with Crippen LogP contribution in [0.5, 0.6) is 11.5 Å². The molecule has 1 aliphatic rings. The van der Waals surface area contributed by atoms with Crippen LogP contribution < -0.4 is 20.1 Å². The first kappa shape index (κ1) is 16.6. The number of nitrogen functional groups attached to an aromatic ring is 1. The Morgan fingerprint density at radius 3 is 2.29 bits per heavy atom. The molecule has 0 radical (unpaired) electrons. The number of rotatable bonds is 4. The number of methoxy groups -OCH3 is 2. The topological polar surface area (TPSA) is 73.5 Å². The SMILES string of the molecule is COc1cc2nc(N3CCC(C(C)C)CC3)nc(N)c2cc1OC. The predicted octanol–water partition coefficient (Wildman–Crippen LogP) is 3.10. The molecule has 0 saturated carbocycles. The van der Waals surface area contributed by atoms with Crippen molar-refractivity contribution in [2.75, 3.05) is 37.9 Å². The van der Waals surface area contributed by atoms with Crippen LogP contribution in [0.4, 0.5) is 11.8 Å². The number of piperidine rings is 1. The Labute approximate surface area is 143 Å². The van der Waals surface area contributed by atoms with Crippen molar-refractivity contribution in [3.63, 3.8) is 0 Å². The molecule has 0 spiro atoms. The Morgan fingerprint density at radius 2 is 1.71 bits per heavy atom. The second kappa shape index (κ2) is 6.71. The molecule has 1 saturated heterocycles. The van der Waals surface area contributed by atoms with Gasteiger partial charge in [0.1, 0.15) is 5.82 Å². The molecule has 2 heterocycles. The molecule has 6 heteroatoms. The molecule has 0 unspecified atom stereocenters. The van der Waals surface area contributed by atoms with Crippen molar-refractivity contribution in [1.29, 1.82) is 0 Å². The summed E-state index contributed by atoms with van der Waals surface area (Å²) in [6, 6.07) is 3.69. The third-order valence-electron chi connectivity index (χ3n) is 4.98. The van der Waals surface area contributed by atoms with Gasteiger partial charge in [-0.15, -0.1) is 0 Å². The lowest BCUT2D eigenvalue weighted by Crippen LogP contribution is -2.36. The third-order valence-corrected chi connectivity index (χ3v) is 4.98. The number of aromatic nitrogens is 2. The number of ether oxygens (including phenoxy) is 2. The zero-order valence-corrected chi connectivity index (χ0v) is 14.9. The van der Waals surface area contributed by atoms with Gasteiger partial charge in [0.15, 0.2) is 11.5 Å². The molecule has 0 amide bonds.